The lowest BCUT2D eigenvalue weighted by Crippen LogP contribution is -2.45. The first kappa shape index (κ1) is 20.7. The predicted molar refractivity (Wildman–Crippen MR) is 117 cm³/mol. The van der Waals surface area contributed by atoms with Gasteiger partial charge in [-0.1, -0.05) is 11.6 Å². The largest absolute Gasteiger partial charge is 0.322 e. The summed E-state index contributed by atoms with van der Waals surface area (Å²) in [4.78, 5) is 26.3. The van der Waals surface area contributed by atoms with E-state index in [2.05, 4.69) is 30.5 Å². The van der Waals surface area contributed by atoms with Gasteiger partial charge >= 0.3 is 6.03 Å². The fourth-order valence-corrected chi connectivity index (χ4v) is 5.14. The fraction of sp³-hybridized carbons (Fsp3) is 0.227. The average Bonchev–Trinajstić information content (AvgIpc) is 3.41. The number of benzene rings is 2. The van der Waals surface area contributed by atoms with Crippen molar-refractivity contribution in [3.63, 3.8) is 0 Å². The van der Waals surface area contributed by atoms with E-state index in [-0.39, 0.29) is 50.5 Å². The Kier molecular flexibility index (Phi) is 4.63. The number of amides is 2. The number of nitrogens with zero attached hydrogens (tertiary/aromatic N) is 4. The van der Waals surface area contributed by atoms with Crippen LogP contribution < -0.4 is 10.9 Å². The van der Waals surface area contributed by atoms with Crippen molar-refractivity contribution >= 4 is 34.4 Å². The molecule has 4 heterocycles. The van der Waals surface area contributed by atoms with E-state index in [1.807, 2.05) is 0 Å². The Morgan fingerprint density at radius 3 is 2.88 bits per heavy atom. The topological polar surface area (TPSA) is 117 Å². The van der Waals surface area contributed by atoms with Gasteiger partial charge in [-0.2, -0.15) is 5.10 Å². The maximum atomic E-state index is 15.0. The molecule has 0 radical (unpaired) electrons. The molecular weight excluding hydrogens is 470 g/mol. The van der Waals surface area contributed by atoms with Gasteiger partial charge in [-0.05, 0) is 59.4 Å². The molecule has 172 valence electrons. The van der Waals surface area contributed by atoms with Gasteiger partial charge in [0.25, 0.3) is 5.56 Å². The van der Waals surface area contributed by atoms with Crippen LogP contribution in [-0.2, 0) is 6.42 Å². The molecular formula is C22H15ClF2N6O3. The number of hydrogen-bond acceptors (Lipinski definition) is 6. The molecule has 9 nitrogen and oxygen atoms in total. The van der Waals surface area contributed by atoms with E-state index in [1.54, 1.807) is 4.90 Å². The average molecular weight is 485 g/mol. The second kappa shape index (κ2) is 7.59. The number of aromatic nitrogens is 4. The smallest absolute Gasteiger partial charge is 0.313 e. The first-order valence-corrected chi connectivity index (χ1v) is 10.9. The summed E-state index contributed by atoms with van der Waals surface area (Å²) in [6.07, 6.45) is 1.92. The SMILES string of the molecule is O=C(Nc1cc(Cl)c(-c2ccc3nonc3c2F)cc1F)N1[C@H]2CC[C@@H]1c1n[nH]c(=O)cc1C2. The van der Waals surface area contributed by atoms with E-state index in [4.69, 9.17) is 11.6 Å². The molecule has 2 amide bonds. The summed E-state index contributed by atoms with van der Waals surface area (Å²) in [7, 11) is 0. The summed E-state index contributed by atoms with van der Waals surface area (Å²) in [5.41, 5.74) is 1.28. The van der Waals surface area contributed by atoms with Gasteiger partial charge in [0.15, 0.2) is 11.3 Å². The van der Waals surface area contributed by atoms with Gasteiger partial charge in [0, 0.05) is 23.2 Å². The van der Waals surface area contributed by atoms with Gasteiger partial charge < -0.3 is 10.2 Å². The molecule has 0 saturated carbocycles. The molecule has 2 aromatic heterocycles. The van der Waals surface area contributed by atoms with Crippen LogP contribution in [-0.4, -0.2) is 37.5 Å². The molecule has 0 aliphatic carbocycles. The maximum Gasteiger partial charge on any atom is 0.322 e. The van der Waals surface area contributed by atoms with Crippen LogP contribution in [0, 0.1) is 11.6 Å². The Hall–Kier alpha value is -3.86. The van der Waals surface area contributed by atoms with Crippen molar-refractivity contribution in [2.75, 3.05) is 5.32 Å². The third kappa shape index (κ3) is 3.15. The Balaban J connectivity index is 1.30. The molecule has 2 N–H and O–H groups in total. The van der Waals surface area contributed by atoms with Gasteiger partial charge in [0.05, 0.1) is 22.4 Å². The first-order chi connectivity index (χ1) is 16.4. The predicted octanol–water partition coefficient (Wildman–Crippen LogP) is 4.20. The van der Waals surface area contributed by atoms with E-state index in [0.29, 0.717) is 18.5 Å². The van der Waals surface area contributed by atoms with Crippen molar-refractivity contribution in [3.05, 3.63) is 68.6 Å². The minimum Gasteiger partial charge on any atom is -0.313 e. The highest BCUT2D eigenvalue weighted by Gasteiger charge is 2.44. The first-order valence-electron chi connectivity index (χ1n) is 10.5. The van der Waals surface area contributed by atoms with Gasteiger partial charge in [-0.15, -0.1) is 0 Å². The quantitative estimate of drug-likeness (QED) is 0.440. The van der Waals surface area contributed by atoms with E-state index < -0.39 is 17.7 Å². The Morgan fingerprint density at radius 2 is 2.03 bits per heavy atom. The van der Waals surface area contributed by atoms with Crippen molar-refractivity contribution in [3.8, 4) is 11.1 Å². The monoisotopic (exact) mass is 484 g/mol. The normalized spacial score (nSPS) is 18.9. The van der Waals surface area contributed by atoms with Crippen LogP contribution in [0.2, 0.25) is 5.02 Å². The molecule has 6 rings (SSSR count). The lowest BCUT2D eigenvalue weighted by atomic mass is 9.99. The van der Waals surface area contributed by atoms with E-state index >= 15 is 4.39 Å². The molecule has 2 aliphatic rings. The number of rotatable bonds is 2. The molecule has 12 heteroatoms. The van der Waals surface area contributed by atoms with Gasteiger partial charge in [-0.25, -0.2) is 23.3 Å². The van der Waals surface area contributed by atoms with E-state index in [1.165, 1.54) is 24.3 Å². The van der Waals surface area contributed by atoms with Gasteiger partial charge in [0.2, 0.25) is 0 Å². The van der Waals surface area contributed by atoms with Crippen molar-refractivity contribution in [2.24, 2.45) is 0 Å². The number of carbonyl (C=O) groups is 1. The number of H-pyrrole nitrogens is 1. The number of urea groups is 1. The van der Waals surface area contributed by atoms with Gasteiger partial charge in [-0.3, -0.25) is 4.79 Å². The molecule has 2 aromatic carbocycles. The minimum atomic E-state index is -0.780. The Morgan fingerprint density at radius 1 is 1.18 bits per heavy atom. The van der Waals surface area contributed by atoms with Crippen LogP contribution in [0.15, 0.2) is 39.8 Å². The zero-order valence-corrected chi connectivity index (χ0v) is 18.1. The van der Waals surface area contributed by atoms with Crippen molar-refractivity contribution in [1.82, 2.24) is 25.4 Å². The number of anilines is 1. The fourth-order valence-electron chi connectivity index (χ4n) is 4.87. The summed E-state index contributed by atoms with van der Waals surface area (Å²) >= 11 is 6.35. The highest BCUT2D eigenvalue weighted by atomic mass is 35.5. The summed E-state index contributed by atoms with van der Waals surface area (Å²) < 4.78 is 34.4. The zero-order chi connectivity index (χ0) is 23.6. The van der Waals surface area contributed by atoms with Crippen molar-refractivity contribution < 1.29 is 18.2 Å². The summed E-state index contributed by atoms with van der Waals surface area (Å²) in [6.45, 7) is 0. The molecule has 34 heavy (non-hydrogen) atoms. The van der Waals surface area contributed by atoms with Crippen LogP contribution in [0.5, 0.6) is 0 Å². The molecule has 2 aliphatic heterocycles. The second-order valence-corrected chi connectivity index (χ2v) is 8.71. The second-order valence-electron chi connectivity index (χ2n) is 8.30. The lowest BCUT2D eigenvalue weighted by molar-refractivity contribution is 0.177. The van der Waals surface area contributed by atoms with Crippen LogP contribution >= 0.6 is 11.6 Å². The van der Waals surface area contributed by atoms with Gasteiger partial charge in [0.1, 0.15) is 11.3 Å². The highest BCUT2D eigenvalue weighted by Crippen LogP contribution is 2.43. The number of halogens is 3. The Bertz CT molecular complexity index is 1540. The highest BCUT2D eigenvalue weighted by molar-refractivity contribution is 6.33. The molecule has 2 bridgehead atoms. The van der Waals surface area contributed by atoms with Crippen LogP contribution in [0.1, 0.15) is 30.1 Å². The van der Waals surface area contributed by atoms with Crippen LogP contribution in [0.3, 0.4) is 0 Å². The van der Waals surface area contributed by atoms with Crippen molar-refractivity contribution in [1.29, 1.82) is 0 Å². The maximum absolute atomic E-state index is 15.0. The minimum absolute atomic E-state index is 0.0238. The number of carbonyl (C=O) groups excluding carboxylic acids is 1. The van der Waals surface area contributed by atoms with Crippen LogP contribution in [0.25, 0.3) is 22.2 Å². The molecule has 4 aromatic rings. The standard InChI is InChI=1S/C22H15ClF2N6O3/c23-13-8-16(14(24)7-12(13)11-2-3-15-21(19(11)25)30-34-29-15)26-22(33)31-10-1-4-17(31)20-9(5-10)6-18(32)27-28-20/h2-3,6-8,10,17H,1,4-5H2,(H,26,33)(H,27,32)/t10-,17+/m0/s1. The molecule has 1 fully saturated rings. The number of nitrogens with one attached hydrogen (secondary N) is 2. The van der Waals surface area contributed by atoms with E-state index in [9.17, 15) is 14.0 Å². The summed E-state index contributed by atoms with van der Waals surface area (Å²) in [6, 6.07) is 5.74. The zero-order valence-electron chi connectivity index (χ0n) is 17.3. The molecule has 1 saturated heterocycles. The molecule has 0 unspecified atom stereocenters. The summed E-state index contributed by atoms with van der Waals surface area (Å²) in [5.74, 6) is -1.52. The lowest BCUT2D eigenvalue weighted by Gasteiger charge is -2.35. The third-order valence-electron chi connectivity index (χ3n) is 6.38. The number of aromatic amines is 1. The number of fused-ring (bicyclic) bond motifs is 5. The summed E-state index contributed by atoms with van der Waals surface area (Å²) in [5, 5.41) is 16.3. The molecule has 2 atom stereocenters. The Labute approximate surface area is 194 Å². The van der Waals surface area contributed by atoms with Crippen LogP contribution in [0.4, 0.5) is 19.3 Å². The third-order valence-corrected chi connectivity index (χ3v) is 6.70. The van der Waals surface area contributed by atoms with Crippen molar-refractivity contribution in [2.45, 2.75) is 31.3 Å². The number of hydrogen-bond donors (Lipinski definition) is 2. The van der Waals surface area contributed by atoms with E-state index in [0.717, 1.165) is 18.1 Å². The molecule has 0 spiro atoms.